The first-order valence-electron chi connectivity index (χ1n) is 9.85. The largest absolute Gasteiger partial charge is 0.345 e. The number of carbonyl (C=O) groups excluding carboxylic acids is 1. The summed E-state index contributed by atoms with van der Waals surface area (Å²) in [7, 11) is -3.55. The fraction of sp³-hybridized carbons (Fsp3) is 0.261. The summed E-state index contributed by atoms with van der Waals surface area (Å²) in [6, 6.07) is 20.1. The van der Waals surface area contributed by atoms with Crippen molar-refractivity contribution in [3.8, 4) is 0 Å². The molecule has 1 amide bonds. The van der Waals surface area contributed by atoms with E-state index in [9.17, 15) is 13.2 Å². The molecule has 3 aromatic carbocycles. The van der Waals surface area contributed by atoms with Crippen LogP contribution in [0.25, 0.3) is 10.8 Å². The highest BCUT2D eigenvalue weighted by Gasteiger charge is 2.27. The second-order valence-electron chi connectivity index (χ2n) is 7.40. The average molecular weight is 409 g/mol. The van der Waals surface area contributed by atoms with Crippen LogP contribution >= 0.6 is 0 Å². The van der Waals surface area contributed by atoms with Gasteiger partial charge in [0.1, 0.15) is 0 Å². The molecule has 1 saturated heterocycles. The van der Waals surface area contributed by atoms with E-state index >= 15 is 0 Å². The molecule has 29 heavy (non-hydrogen) atoms. The normalized spacial score (nSPS) is 16.0. The molecule has 150 valence electrons. The lowest BCUT2D eigenvalue weighted by molar-refractivity contribution is 0.0940. The fourth-order valence-corrected chi connectivity index (χ4v) is 5.42. The average Bonchev–Trinajstić information content (AvgIpc) is 3.29. The molecule has 5 nitrogen and oxygen atoms in total. The van der Waals surface area contributed by atoms with Crippen LogP contribution in [0, 0.1) is 0 Å². The summed E-state index contributed by atoms with van der Waals surface area (Å²) in [5, 5.41) is 5.21. The van der Waals surface area contributed by atoms with E-state index in [4.69, 9.17) is 0 Å². The Morgan fingerprint density at radius 3 is 2.45 bits per heavy atom. The molecule has 0 aliphatic carbocycles. The van der Waals surface area contributed by atoms with Crippen LogP contribution in [-0.2, 0) is 10.0 Å². The minimum Gasteiger partial charge on any atom is -0.345 e. The van der Waals surface area contributed by atoms with Crippen molar-refractivity contribution in [3.05, 3.63) is 77.9 Å². The van der Waals surface area contributed by atoms with Gasteiger partial charge in [0, 0.05) is 18.7 Å². The second-order valence-corrected chi connectivity index (χ2v) is 9.34. The van der Waals surface area contributed by atoms with Gasteiger partial charge in [-0.1, -0.05) is 48.5 Å². The Kier molecular flexibility index (Phi) is 5.39. The zero-order valence-corrected chi connectivity index (χ0v) is 17.2. The van der Waals surface area contributed by atoms with Crippen LogP contribution in [0.5, 0.6) is 0 Å². The van der Waals surface area contributed by atoms with Crippen molar-refractivity contribution in [3.63, 3.8) is 0 Å². The number of nitrogens with one attached hydrogen (secondary N) is 1. The Labute approximate surface area is 171 Å². The maximum absolute atomic E-state index is 12.8. The molecule has 1 aliphatic heterocycles. The molecule has 1 aliphatic rings. The molecule has 0 spiro atoms. The lowest BCUT2D eigenvalue weighted by atomic mass is 9.99. The molecule has 0 aromatic heterocycles. The minimum absolute atomic E-state index is 0.171. The number of sulfonamides is 1. The fourth-order valence-electron chi connectivity index (χ4n) is 3.86. The Hall–Kier alpha value is -2.70. The highest BCUT2D eigenvalue weighted by molar-refractivity contribution is 7.89. The predicted octanol–water partition coefficient (Wildman–Crippen LogP) is 4.12. The third-order valence-corrected chi connectivity index (χ3v) is 7.33. The van der Waals surface area contributed by atoms with Gasteiger partial charge in [-0.3, -0.25) is 4.79 Å². The Bertz CT molecular complexity index is 1150. The first kappa shape index (κ1) is 19.6. The van der Waals surface area contributed by atoms with Gasteiger partial charge in [-0.05, 0) is 54.3 Å². The maximum Gasteiger partial charge on any atom is 0.251 e. The molecular formula is C23H24N2O3S. The van der Waals surface area contributed by atoms with Crippen molar-refractivity contribution >= 4 is 26.7 Å². The van der Waals surface area contributed by atoms with Gasteiger partial charge in [0.05, 0.1) is 10.9 Å². The first-order chi connectivity index (χ1) is 14.0. The summed E-state index contributed by atoms with van der Waals surface area (Å²) in [5.41, 5.74) is 1.37. The molecule has 1 unspecified atom stereocenters. The lowest BCUT2D eigenvalue weighted by Gasteiger charge is -2.18. The molecular weight excluding hydrogens is 384 g/mol. The van der Waals surface area contributed by atoms with Gasteiger partial charge in [0.15, 0.2) is 0 Å². The van der Waals surface area contributed by atoms with Gasteiger partial charge >= 0.3 is 0 Å². The third-order valence-electron chi connectivity index (χ3n) is 5.44. The Morgan fingerprint density at radius 1 is 0.966 bits per heavy atom. The van der Waals surface area contributed by atoms with Gasteiger partial charge in [-0.15, -0.1) is 0 Å². The maximum atomic E-state index is 12.8. The first-order valence-corrected chi connectivity index (χ1v) is 11.3. The van der Waals surface area contributed by atoms with Crippen molar-refractivity contribution in [2.75, 3.05) is 13.1 Å². The van der Waals surface area contributed by atoms with E-state index in [0.29, 0.717) is 18.7 Å². The monoisotopic (exact) mass is 408 g/mol. The molecule has 3 aromatic rings. The number of fused-ring (bicyclic) bond motifs is 1. The molecule has 0 radical (unpaired) electrons. The SMILES string of the molecule is CC(NC(=O)c1cccc(S(=O)(=O)N2CCCC2)c1)c1cccc2ccccc12. The van der Waals surface area contributed by atoms with Crippen LogP contribution in [-0.4, -0.2) is 31.7 Å². The van der Waals surface area contributed by atoms with E-state index in [1.807, 2.05) is 49.4 Å². The number of benzene rings is 3. The van der Waals surface area contributed by atoms with Gasteiger partial charge < -0.3 is 5.32 Å². The lowest BCUT2D eigenvalue weighted by Crippen LogP contribution is -2.29. The van der Waals surface area contributed by atoms with Gasteiger partial charge in [-0.2, -0.15) is 4.31 Å². The van der Waals surface area contributed by atoms with Crippen LogP contribution in [0.15, 0.2) is 71.6 Å². The van der Waals surface area contributed by atoms with E-state index in [1.54, 1.807) is 18.2 Å². The molecule has 1 heterocycles. The van der Waals surface area contributed by atoms with E-state index < -0.39 is 10.0 Å². The summed E-state index contributed by atoms with van der Waals surface area (Å²) < 4.78 is 27.1. The van der Waals surface area contributed by atoms with E-state index in [-0.39, 0.29) is 16.8 Å². The van der Waals surface area contributed by atoms with Crippen LogP contribution in [0.4, 0.5) is 0 Å². The van der Waals surface area contributed by atoms with Crippen LogP contribution < -0.4 is 5.32 Å². The number of carbonyl (C=O) groups is 1. The summed E-state index contributed by atoms with van der Waals surface area (Å²) in [5.74, 6) is -0.288. The van der Waals surface area contributed by atoms with Crippen molar-refractivity contribution < 1.29 is 13.2 Å². The van der Waals surface area contributed by atoms with E-state index in [0.717, 1.165) is 29.2 Å². The molecule has 1 fully saturated rings. The number of nitrogens with zero attached hydrogens (tertiary/aromatic N) is 1. The second kappa shape index (κ2) is 7.97. The quantitative estimate of drug-likeness (QED) is 0.691. The molecule has 4 rings (SSSR count). The van der Waals surface area contributed by atoms with Gasteiger partial charge in [0.2, 0.25) is 10.0 Å². The number of hydrogen-bond donors (Lipinski definition) is 1. The predicted molar refractivity (Wildman–Crippen MR) is 114 cm³/mol. The molecule has 0 bridgehead atoms. The number of amides is 1. The zero-order chi connectivity index (χ0) is 20.4. The van der Waals surface area contributed by atoms with Gasteiger partial charge in [0.25, 0.3) is 5.91 Å². The smallest absolute Gasteiger partial charge is 0.251 e. The summed E-state index contributed by atoms with van der Waals surface area (Å²) in [6.45, 7) is 3.01. The summed E-state index contributed by atoms with van der Waals surface area (Å²) >= 11 is 0. The van der Waals surface area contributed by atoms with Crippen molar-refractivity contribution in [1.29, 1.82) is 0 Å². The van der Waals surface area contributed by atoms with Crippen LogP contribution in [0.3, 0.4) is 0 Å². The molecule has 1 N–H and O–H groups in total. The number of rotatable bonds is 5. The molecule has 1 atom stereocenters. The highest BCUT2D eigenvalue weighted by atomic mass is 32.2. The van der Waals surface area contributed by atoms with Crippen LogP contribution in [0.2, 0.25) is 0 Å². The van der Waals surface area contributed by atoms with Gasteiger partial charge in [-0.25, -0.2) is 8.42 Å². The zero-order valence-electron chi connectivity index (χ0n) is 16.3. The highest BCUT2D eigenvalue weighted by Crippen LogP contribution is 2.25. The van der Waals surface area contributed by atoms with Crippen molar-refractivity contribution in [2.45, 2.75) is 30.7 Å². The number of hydrogen-bond acceptors (Lipinski definition) is 3. The summed E-state index contributed by atoms with van der Waals surface area (Å²) in [4.78, 5) is 13.0. The third kappa shape index (κ3) is 3.91. The van der Waals surface area contributed by atoms with Crippen LogP contribution in [0.1, 0.15) is 41.7 Å². The Morgan fingerprint density at radius 2 is 1.66 bits per heavy atom. The molecule has 0 saturated carbocycles. The van der Waals surface area contributed by atoms with E-state index in [1.165, 1.54) is 10.4 Å². The summed E-state index contributed by atoms with van der Waals surface area (Å²) in [6.07, 6.45) is 1.75. The molecule has 6 heteroatoms. The van der Waals surface area contributed by atoms with Crippen molar-refractivity contribution in [1.82, 2.24) is 9.62 Å². The van der Waals surface area contributed by atoms with Crippen molar-refractivity contribution in [2.24, 2.45) is 0 Å². The topological polar surface area (TPSA) is 66.5 Å². The van der Waals surface area contributed by atoms with E-state index in [2.05, 4.69) is 5.32 Å². The Balaban J connectivity index is 1.57. The standard InChI is InChI=1S/C23H24N2O3S/c1-17(21-13-7-9-18-8-2-3-12-22(18)21)24-23(26)19-10-6-11-20(16-19)29(27,28)25-14-4-5-15-25/h2-3,6-13,16-17H,4-5,14-15H2,1H3,(H,24,26). The minimum atomic E-state index is -3.55.